The molecule has 0 aliphatic heterocycles. The van der Waals surface area contributed by atoms with E-state index in [9.17, 15) is 13.9 Å². The molecule has 0 aromatic rings. The number of rotatable bonds is 6. The second kappa shape index (κ2) is 24.7. The van der Waals surface area contributed by atoms with Gasteiger partial charge in [0.1, 0.15) is 0 Å². The first-order chi connectivity index (χ1) is 22.6. The van der Waals surface area contributed by atoms with Crippen LogP contribution in [0.1, 0.15) is 230 Å². The average molecular weight is 773 g/mol. The maximum absolute atomic E-state index is 12.1. The van der Waals surface area contributed by atoms with Gasteiger partial charge in [0.05, 0.1) is 5.60 Å². The van der Waals surface area contributed by atoms with Crippen molar-refractivity contribution in [1.82, 2.24) is 0 Å². The van der Waals surface area contributed by atoms with Gasteiger partial charge in [-0.3, -0.25) is 0 Å². The zero-order chi connectivity index (χ0) is 36.9. The Bertz CT molecular complexity index is 878. The lowest BCUT2D eigenvalue weighted by Gasteiger charge is -2.64. The highest BCUT2D eigenvalue weighted by molar-refractivity contribution is 5.07. The molecular weight excluding hydrogens is 667 g/mol. The van der Waals surface area contributed by atoms with Crippen molar-refractivity contribution in [2.24, 2.45) is 88.3 Å². The van der Waals surface area contributed by atoms with Crippen molar-refractivity contribution in [3.05, 3.63) is 0 Å². The van der Waals surface area contributed by atoms with E-state index in [-0.39, 0.29) is 61.5 Å². The molecule has 0 amide bonds. The molecule has 0 radical (unpaired) electrons. The monoisotopic (exact) mass is 773 g/mol. The molecule has 9 saturated carbocycles. The van der Waals surface area contributed by atoms with Gasteiger partial charge in [0.15, 0.2) is 0 Å². The Labute approximate surface area is 342 Å². The van der Waals surface area contributed by atoms with E-state index in [4.69, 9.17) is 0 Å². The van der Waals surface area contributed by atoms with E-state index in [0.29, 0.717) is 5.92 Å². The van der Waals surface area contributed by atoms with E-state index >= 15 is 0 Å². The fraction of sp³-hybridized carbons (Fsp3) is 1.00. The Morgan fingerprint density at radius 2 is 0.870 bits per heavy atom. The number of hydrogen-bond donors (Lipinski definition) is 1. The first-order valence-electron chi connectivity index (χ1n) is 21.7. The van der Waals surface area contributed by atoms with E-state index in [0.717, 1.165) is 89.3 Å². The molecule has 9 aliphatic carbocycles. The zero-order valence-electron chi connectivity index (χ0n) is 35.1. The van der Waals surface area contributed by atoms with Gasteiger partial charge >= 0.3 is 0 Å². The second-order valence-electron chi connectivity index (χ2n) is 21.3. The molecule has 3 heteroatoms. The molecule has 54 heavy (non-hydrogen) atoms. The summed E-state index contributed by atoms with van der Waals surface area (Å²) < 4.78 is 24.3. The number of alkyl halides is 2. The summed E-state index contributed by atoms with van der Waals surface area (Å²) in [6.45, 7) is 29.1. The molecule has 9 rings (SSSR count). The summed E-state index contributed by atoms with van der Waals surface area (Å²) in [6.07, 6.45) is 20.6. The van der Waals surface area contributed by atoms with Crippen LogP contribution in [0.25, 0.3) is 0 Å². The minimum Gasteiger partial charge on any atom is -0.390 e. The van der Waals surface area contributed by atoms with Crippen LogP contribution in [0.4, 0.5) is 8.78 Å². The number of fused-ring (bicyclic) bond motifs is 2. The van der Waals surface area contributed by atoms with Crippen molar-refractivity contribution < 1.29 is 13.9 Å². The third-order valence-corrected chi connectivity index (χ3v) is 15.0. The van der Waals surface area contributed by atoms with Gasteiger partial charge in [-0.05, 0) is 159 Å². The maximum Gasteiger partial charge on any atom is 0.248 e. The van der Waals surface area contributed by atoms with E-state index in [2.05, 4.69) is 69.2 Å². The summed E-state index contributed by atoms with van der Waals surface area (Å²) in [5, 5.41) is 9.33. The number of halogens is 2. The summed E-state index contributed by atoms with van der Waals surface area (Å²) in [5.74, 6) is 10.5. The number of aliphatic hydroxyl groups is 1. The molecule has 0 heterocycles. The Hall–Kier alpha value is -0.180. The van der Waals surface area contributed by atoms with Gasteiger partial charge in [0.25, 0.3) is 0 Å². The van der Waals surface area contributed by atoms with Crippen LogP contribution in [0.5, 0.6) is 0 Å². The average Bonchev–Trinajstić information content (AvgIpc) is 3.51. The topological polar surface area (TPSA) is 20.2 Å². The lowest BCUT2D eigenvalue weighted by molar-refractivity contribution is -0.141. The first kappa shape index (κ1) is 58.1. The van der Waals surface area contributed by atoms with Gasteiger partial charge in [0, 0.05) is 12.8 Å². The predicted molar refractivity (Wildman–Crippen MR) is 242 cm³/mol. The maximum atomic E-state index is 12.1. The van der Waals surface area contributed by atoms with Crippen molar-refractivity contribution in [2.45, 2.75) is 241 Å². The van der Waals surface area contributed by atoms with Crippen LogP contribution in [-0.2, 0) is 0 Å². The van der Waals surface area contributed by atoms with Crippen LogP contribution >= 0.6 is 0 Å². The molecule has 0 spiro atoms. The minimum absolute atomic E-state index is 0. The lowest BCUT2D eigenvalue weighted by Crippen LogP contribution is -2.54. The van der Waals surface area contributed by atoms with Crippen LogP contribution in [0.15, 0.2) is 0 Å². The fourth-order valence-electron chi connectivity index (χ4n) is 9.95. The molecule has 4 bridgehead atoms. The highest BCUT2D eigenvalue weighted by atomic mass is 19.3. The summed E-state index contributed by atoms with van der Waals surface area (Å²) in [5.41, 5.74) is 0.541. The van der Waals surface area contributed by atoms with Crippen LogP contribution in [0, 0.1) is 88.3 Å². The molecule has 9 fully saturated rings. The highest BCUT2D eigenvalue weighted by Crippen LogP contribution is 2.67. The molecule has 3 unspecified atom stereocenters. The zero-order valence-corrected chi connectivity index (χ0v) is 35.1. The fourth-order valence-corrected chi connectivity index (χ4v) is 9.95. The van der Waals surface area contributed by atoms with Crippen molar-refractivity contribution in [1.29, 1.82) is 0 Å². The van der Waals surface area contributed by atoms with Gasteiger partial charge in [-0.2, -0.15) is 0 Å². The molecule has 0 aromatic heterocycles. The quantitative estimate of drug-likeness (QED) is 0.285. The SMILES string of the molecule is C.C.C.C.C.CC(C)C12CC(C1)C2.CC(C)C1CC(C)(O)C1.CC(C)C1CC(F)(F)C1.CC(C)C1CC1.CC(C)C1CC2CCC1C2.CC(C)C1CCC1. The predicted octanol–water partition coefficient (Wildman–Crippen LogP) is 17.7. The number of hydrogen-bond acceptors (Lipinski definition) is 1. The molecule has 1 nitrogen and oxygen atoms in total. The molecule has 3 atom stereocenters. The van der Waals surface area contributed by atoms with Crippen LogP contribution in [-0.4, -0.2) is 16.6 Å². The van der Waals surface area contributed by atoms with Gasteiger partial charge in [0.2, 0.25) is 5.92 Å². The Morgan fingerprint density at radius 1 is 0.463 bits per heavy atom. The third-order valence-electron chi connectivity index (χ3n) is 15.0. The standard InChI is InChI=1S/C10H18.C8H16O.C8H14.C7H12F2.C7H14.C6H12.5CH4/c1-7(2)10-6-8-3-4-9(10)5-8;1-6(2)7-4-8(3,9)5-7;1-6(2)8-3-7(4-8)5-8;1-5(2)6-3-7(8,9)4-6;1-6(2)7-4-3-5-7;1-5(2)6-3-4-6;;;;;/h7-10H,3-6H2,1-2H3;6-7,9H,4-5H2,1-3H3;6-7H,3-5H2,1-2H3;5-6H,3-4H2,1-2H3;6-7H,3-5H2,1-2H3;5-6H,3-4H2,1-2H3;5*1H4. The molecule has 0 aromatic carbocycles. The summed E-state index contributed by atoms with van der Waals surface area (Å²) in [4.78, 5) is 0. The van der Waals surface area contributed by atoms with E-state index in [1.807, 2.05) is 20.8 Å². The van der Waals surface area contributed by atoms with Gasteiger partial charge in [-0.1, -0.05) is 146 Å². The Kier molecular flexibility index (Phi) is 26.6. The van der Waals surface area contributed by atoms with Crippen molar-refractivity contribution in [2.75, 3.05) is 0 Å². The molecular formula is C51H106F2O. The largest absolute Gasteiger partial charge is 0.390 e. The Morgan fingerprint density at radius 3 is 0.963 bits per heavy atom. The summed E-state index contributed by atoms with van der Waals surface area (Å²) in [7, 11) is 0. The highest BCUT2D eigenvalue weighted by Gasteiger charge is 2.57. The first-order valence-corrected chi connectivity index (χ1v) is 21.7. The summed E-state index contributed by atoms with van der Waals surface area (Å²) in [6, 6.07) is 0. The molecule has 0 saturated heterocycles. The molecule has 1 N–H and O–H groups in total. The molecule has 9 aliphatic rings. The van der Waals surface area contributed by atoms with Crippen LogP contribution in [0.2, 0.25) is 0 Å². The lowest BCUT2D eigenvalue weighted by atomic mass is 9.41. The molecule has 330 valence electrons. The third kappa shape index (κ3) is 17.8. The smallest absolute Gasteiger partial charge is 0.248 e. The van der Waals surface area contributed by atoms with E-state index < -0.39 is 5.92 Å². The van der Waals surface area contributed by atoms with Crippen LogP contribution < -0.4 is 0 Å². The van der Waals surface area contributed by atoms with Gasteiger partial charge in [-0.25, -0.2) is 8.78 Å². The van der Waals surface area contributed by atoms with E-state index in [1.54, 1.807) is 44.9 Å². The van der Waals surface area contributed by atoms with Gasteiger partial charge in [-0.15, -0.1) is 0 Å². The Balaban J connectivity index is -0.000000571. The van der Waals surface area contributed by atoms with Crippen molar-refractivity contribution >= 4 is 0 Å². The van der Waals surface area contributed by atoms with Crippen molar-refractivity contribution in [3.63, 3.8) is 0 Å². The van der Waals surface area contributed by atoms with Crippen LogP contribution in [0.3, 0.4) is 0 Å². The normalized spacial score (nSPS) is 32.9. The minimum atomic E-state index is -2.32. The van der Waals surface area contributed by atoms with E-state index in [1.165, 1.54) is 32.1 Å². The van der Waals surface area contributed by atoms with Crippen molar-refractivity contribution in [3.8, 4) is 0 Å². The second-order valence-corrected chi connectivity index (χ2v) is 21.3. The summed E-state index contributed by atoms with van der Waals surface area (Å²) >= 11 is 0. The van der Waals surface area contributed by atoms with Gasteiger partial charge < -0.3 is 5.11 Å².